The van der Waals surface area contributed by atoms with Gasteiger partial charge in [-0.3, -0.25) is 10.1 Å². The van der Waals surface area contributed by atoms with Crippen molar-refractivity contribution in [3.8, 4) is 11.5 Å². The Labute approximate surface area is 147 Å². The van der Waals surface area contributed by atoms with Crippen molar-refractivity contribution in [2.45, 2.75) is 57.8 Å². The zero-order chi connectivity index (χ0) is 17.9. The van der Waals surface area contributed by atoms with E-state index < -0.39 is 23.8 Å². The molecule has 0 aromatic heterocycles. The average molecular weight is 347 g/mol. The van der Waals surface area contributed by atoms with Crippen LogP contribution < -0.4 is 25.4 Å². The van der Waals surface area contributed by atoms with Crippen LogP contribution in [0, 0.1) is 0 Å². The number of imide groups is 1. The van der Waals surface area contributed by atoms with E-state index in [0.717, 1.165) is 37.1 Å². The van der Waals surface area contributed by atoms with Gasteiger partial charge in [0.15, 0.2) is 11.5 Å². The van der Waals surface area contributed by atoms with Gasteiger partial charge < -0.3 is 20.1 Å². The van der Waals surface area contributed by atoms with Crippen LogP contribution in [0.5, 0.6) is 11.5 Å². The van der Waals surface area contributed by atoms with Crippen LogP contribution >= 0.6 is 0 Å². The monoisotopic (exact) mass is 347 g/mol. The van der Waals surface area contributed by atoms with E-state index in [0.29, 0.717) is 12.3 Å². The maximum Gasteiger partial charge on any atom is 0.321 e. The van der Waals surface area contributed by atoms with Gasteiger partial charge in [-0.25, -0.2) is 4.79 Å². The minimum Gasteiger partial charge on any atom is -0.448 e. The van der Waals surface area contributed by atoms with E-state index in [1.54, 1.807) is 13.8 Å². The maximum absolute atomic E-state index is 12.0. The minimum atomic E-state index is -0.563. The second-order valence-corrected chi connectivity index (χ2v) is 6.55. The highest BCUT2D eigenvalue weighted by Crippen LogP contribution is 2.46. The van der Waals surface area contributed by atoms with Crippen LogP contribution in [0.25, 0.3) is 0 Å². The van der Waals surface area contributed by atoms with Gasteiger partial charge in [-0.2, -0.15) is 0 Å². The lowest BCUT2D eigenvalue weighted by molar-refractivity contribution is -0.120. The molecule has 0 saturated heterocycles. The minimum absolute atomic E-state index is 0.396. The van der Waals surface area contributed by atoms with E-state index in [1.807, 2.05) is 18.2 Å². The predicted octanol–water partition coefficient (Wildman–Crippen LogP) is 2.76. The van der Waals surface area contributed by atoms with Crippen LogP contribution in [0.4, 0.5) is 10.5 Å². The van der Waals surface area contributed by atoms with Crippen LogP contribution in [0.1, 0.15) is 46.0 Å². The Morgan fingerprint density at radius 1 is 1.16 bits per heavy atom. The van der Waals surface area contributed by atoms with Gasteiger partial charge in [0.2, 0.25) is 5.91 Å². The number of ether oxygens (including phenoxy) is 2. The lowest BCUT2D eigenvalue weighted by atomic mass is 9.94. The molecule has 0 unspecified atom stereocenters. The lowest BCUT2D eigenvalue weighted by Gasteiger charge is -2.31. The fourth-order valence-corrected chi connectivity index (χ4v) is 3.22. The molecule has 1 aromatic rings. The van der Waals surface area contributed by atoms with E-state index >= 15 is 0 Å². The molecule has 1 aliphatic carbocycles. The van der Waals surface area contributed by atoms with Gasteiger partial charge in [0.1, 0.15) is 6.04 Å². The van der Waals surface area contributed by atoms with E-state index in [4.69, 9.17) is 9.47 Å². The number of rotatable bonds is 4. The number of benzene rings is 1. The van der Waals surface area contributed by atoms with Crippen molar-refractivity contribution < 1.29 is 19.1 Å². The van der Waals surface area contributed by atoms with E-state index in [9.17, 15) is 9.59 Å². The van der Waals surface area contributed by atoms with Crippen LogP contribution in [-0.4, -0.2) is 30.3 Å². The first-order valence-corrected chi connectivity index (χ1v) is 8.89. The molecule has 1 fully saturated rings. The van der Waals surface area contributed by atoms with Crippen molar-refractivity contribution in [1.82, 2.24) is 10.6 Å². The Hall–Kier alpha value is -2.44. The van der Waals surface area contributed by atoms with Crippen molar-refractivity contribution in [2.75, 3.05) is 11.9 Å². The van der Waals surface area contributed by atoms with Gasteiger partial charge in [0.05, 0.1) is 0 Å². The molecule has 0 radical (unpaired) electrons. The molecule has 7 heteroatoms. The highest BCUT2D eigenvalue weighted by Gasteiger charge is 2.42. The lowest BCUT2D eigenvalue weighted by Crippen LogP contribution is -2.45. The van der Waals surface area contributed by atoms with Gasteiger partial charge in [0, 0.05) is 31.1 Å². The molecule has 3 rings (SSSR count). The number of nitrogens with one attached hydrogen (secondary N) is 3. The first-order valence-electron chi connectivity index (χ1n) is 8.89. The number of anilines is 1. The predicted molar refractivity (Wildman–Crippen MR) is 93.8 cm³/mol. The largest absolute Gasteiger partial charge is 0.448 e. The Bertz CT molecular complexity index is 656. The smallest absolute Gasteiger partial charge is 0.321 e. The topological polar surface area (TPSA) is 88.7 Å². The van der Waals surface area contributed by atoms with Crippen LogP contribution in [-0.2, 0) is 4.79 Å². The summed E-state index contributed by atoms with van der Waals surface area (Å²) in [5.74, 6) is 0.531. The molecule has 0 bridgehead atoms. The van der Waals surface area contributed by atoms with Gasteiger partial charge in [-0.1, -0.05) is 6.42 Å². The Morgan fingerprint density at radius 3 is 2.60 bits per heavy atom. The first-order chi connectivity index (χ1) is 12.0. The average Bonchev–Trinajstić information content (AvgIpc) is 2.92. The number of fused-ring (bicyclic) bond motifs is 1. The fraction of sp³-hybridized carbons (Fsp3) is 0.556. The van der Waals surface area contributed by atoms with Gasteiger partial charge in [-0.15, -0.1) is 0 Å². The number of carbonyl (C=O) groups is 2. The van der Waals surface area contributed by atoms with Crippen LogP contribution in [0.3, 0.4) is 0 Å². The highest BCUT2D eigenvalue weighted by molar-refractivity contribution is 5.97. The summed E-state index contributed by atoms with van der Waals surface area (Å²) < 4.78 is 12.1. The quantitative estimate of drug-likeness (QED) is 0.779. The normalized spacial score (nSPS) is 18.5. The van der Waals surface area contributed by atoms with E-state index in [2.05, 4.69) is 16.0 Å². The molecule has 1 spiro atoms. The van der Waals surface area contributed by atoms with Crippen molar-refractivity contribution in [3.63, 3.8) is 0 Å². The maximum atomic E-state index is 12.0. The number of carbonyl (C=O) groups excluding carboxylic acids is 2. The van der Waals surface area contributed by atoms with Crippen LogP contribution in [0.15, 0.2) is 18.2 Å². The third-order valence-corrected chi connectivity index (χ3v) is 4.50. The molecule has 3 N–H and O–H groups in total. The molecular weight excluding hydrogens is 322 g/mol. The first kappa shape index (κ1) is 17.4. The number of hydrogen-bond acceptors (Lipinski definition) is 5. The molecule has 136 valence electrons. The van der Waals surface area contributed by atoms with Gasteiger partial charge in [-0.05, 0) is 38.8 Å². The molecule has 1 saturated carbocycles. The summed E-state index contributed by atoms with van der Waals surface area (Å²) in [7, 11) is 0. The van der Waals surface area contributed by atoms with Gasteiger partial charge >= 0.3 is 6.03 Å². The highest BCUT2D eigenvalue weighted by atomic mass is 16.7. The SMILES string of the molecule is CCNC(=O)NC(=O)[C@@H](C)Nc1ccc2c(c1)OC1(CCCCC1)O2. The summed E-state index contributed by atoms with van der Waals surface area (Å²) >= 11 is 0. The standard InChI is InChI=1S/C18H25N3O4/c1-3-19-17(23)21-16(22)12(2)20-13-7-8-14-15(11-13)25-18(24-14)9-5-4-6-10-18/h7-8,11-12,20H,3-6,9-10H2,1-2H3,(H2,19,21,22,23)/t12-/m1/s1. The number of urea groups is 1. The number of amides is 3. The molecule has 1 heterocycles. The molecule has 25 heavy (non-hydrogen) atoms. The molecule has 1 atom stereocenters. The summed E-state index contributed by atoms with van der Waals surface area (Å²) in [6.45, 7) is 3.95. The summed E-state index contributed by atoms with van der Waals surface area (Å²) in [5.41, 5.74) is 0.744. The summed E-state index contributed by atoms with van der Waals surface area (Å²) in [6.07, 6.45) is 5.23. The summed E-state index contributed by atoms with van der Waals surface area (Å²) in [5, 5.41) is 7.90. The molecule has 1 aliphatic heterocycles. The van der Waals surface area contributed by atoms with Crippen molar-refractivity contribution >= 4 is 17.6 Å². The third-order valence-electron chi connectivity index (χ3n) is 4.50. The van der Waals surface area contributed by atoms with E-state index in [-0.39, 0.29) is 0 Å². The Balaban J connectivity index is 1.61. The van der Waals surface area contributed by atoms with Crippen molar-refractivity contribution in [3.05, 3.63) is 18.2 Å². The van der Waals surface area contributed by atoms with Crippen LogP contribution in [0.2, 0.25) is 0 Å². The van der Waals surface area contributed by atoms with Crippen molar-refractivity contribution in [2.24, 2.45) is 0 Å². The molecular formula is C18H25N3O4. The molecule has 7 nitrogen and oxygen atoms in total. The fourth-order valence-electron chi connectivity index (χ4n) is 3.22. The second kappa shape index (κ2) is 7.21. The summed E-state index contributed by atoms with van der Waals surface area (Å²) in [6, 6.07) is 4.49. The molecule has 3 amide bonds. The molecule has 1 aromatic carbocycles. The Morgan fingerprint density at radius 2 is 1.88 bits per heavy atom. The number of hydrogen-bond donors (Lipinski definition) is 3. The third kappa shape index (κ3) is 3.97. The zero-order valence-corrected chi connectivity index (χ0v) is 14.7. The summed E-state index contributed by atoms with van der Waals surface area (Å²) in [4.78, 5) is 23.4. The van der Waals surface area contributed by atoms with E-state index in [1.165, 1.54) is 6.42 Å². The molecule has 2 aliphatic rings. The van der Waals surface area contributed by atoms with Gasteiger partial charge in [0.25, 0.3) is 5.79 Å². The Kier molecular flexibility index (Phi) is 5.01. The zero-order valence-electron chi connectivity index (χ0n) is 14.7. The van der Waals surface area contributed by atoms with Crippen molar-refractivity contribution in [1.29, 1.82) is 0 Å². The second-order valence-electron chi connectivity index (χ2n) is 6.55.